The number of nitrogens with zero attached hydrogens (tertiary/aromatic N) is 2. The lowest BCUT2D eigenvalue weighted by Gasteiger charge is -2.11. The van der Waals surface area contributed by atoms with Gasteiger partial charge in [-0.15, -0.1) is 0 Å². The number of nitro benzene ring substituents is 1. The number of carbonyl (C=O) groups excluding carboxylic acids is 2. The van der Waals surface area contributed by atoms with Crippen LogP contribution in [0.15, 0.2) is 59.7 Å². The Balaban J connectivity index is 1.63. The van der Waals surface area contributed by atoms with Gasteiger partial charge in [0.1, 0.15) is 18.1 Å². The molecule has 0 radical (unpaired) electrons. The maximum absolute atomic E-state index is 12.1. The number of hydrazone groups is 1. The van der Waals surface area contributed by atoms with Gasteiger partial charge in [-0.3, -0.25) is 19.7 Å². The summed E-state index contributed by atoms with van der Waals surface area (Å²) in [6, 6.07) is 14.6. The zero-order valence-electron chi connectivity index (χ0n) is 19.7. The Kier molecular flexibility index (Phi) is 8.58. The van der Waals surface area contributed by atoms with Gasteiger partial charge >= 0.3 is 11.8 Å². The number of halogens is 1. The van der Waals surface area contributed by atoms with Crippen LogP contribution < -0.4 is 20.2 Å². The number of amides is 2. The predicted molar refractivity (Wildman–Crippen MR) is 136 cm³/mol. The van der Waals surface area contributed by atoms with Gasteiger partial charge in [0.15, 0.2) is 0 Å². The van der Waals surface area contributed by atoms with Crippen LogP contribution in [0, 0.1) is 24.0 Å². The number of rotatable bonds is 8. The Morgan fingerprint density at radius 2 is 1.89 bits per heavy atom. The summed E-state index contributed by atoms with van der Waals surface area (Å²) in [5.74, 6) is -0.811. The number of anilines is 1. The van der Waals surface area contributed by atoms with Crippen molar-refractivity contribution in [2.45, 2.75) is 20.5 Å². The van der Waals surface area contributed by atoms with Gasteiger partial charge in [0.05, 0.1) is 18.2 Å². The smallest absolute Gasteiger partial charge is 0.329 e. The van der Waals surface area contributed by atoms with Crippen LogP contribution in [0.1, 0.15) is 22.3 Å². The van der Waals surface area contributed by atoms with Crippen LogP contribution in [0.5, 0.6) is 11.5 Å². The Morgan fingerprint density at radius 1 is 1.11 bits per heavy atom. The Morgan fingerprint density at radius 3 is 2.58 bits per heavy atom. The first-order chi connectivity index (χ1) is 17.2. The standard InChI is InChI=1S/C25H23ClN4O6/c1-15-11-19(8-9-22(15)30(33)34)36-14-18-12-17(7-10-23(18)35-3)13-27-29-25(32)24(31)28-21-6-4-5-20(26)16(21)2/h4-13H,14H2,1-3H3,(H,28,31)(H,29,32). The largest absolute Gasteiger partial charge is 0.496 e. The molecule has 3 aromatic carbocycles. The van der Waals surface area contributed by atoms with E-state index in [1.807, 2.05) is 0 Å². The van der Waals surface area contributed by atoms with Crippen LogP contribution in [0.2, 0.25) is 5.02 Å². The van der Waals surface area contributed by atoms with E-state index in [2.05, 4.69) is 15.8 Å². The van der Waals surface area contributed by atoms with Crippen LogP contribution in [-0.2, 0) is 16.2 Å². The van der Waals surface area contributed by atoms with Gasteiger partial charge in [0, 0.05) is 27.9 Å². The maximum atomic E-state index is 12.1. The monoisotopic (exact) mass is 510 g/mol. The van der Waals surface area contributed by atoms with E-state index >= 15 is 0 Å². The number of methoxy groups -OCH3 is 1. The lowest BCUT2D eigenvalue weighted by atomic mass is 10.1. The Hall–Kier alpha value is -4.44. The molecule has 3 rings (SSSR count). The molecule has 2 amide bonds. The van der Waals surface area contributed by atoms with Gasteiger partial charge in [0.2, 0.25) is 0 Å². The third kappa shape index (κ3) is 6.57. The molecule has 0 saturated carbocycles. The molecule has 11 heteroatoms. The highest BCUT2D eigenvalue weighted by Crippen LogP contribution is 2.26. The molecule has 0 saturated heterocycles. The number of hydrogen-bond donors (Lipinski definition) is 2. The van der Waals surface area contributed by atoms with Gasteiger partial charge in [-0.1, -0.05) is 17.7 Å². The lowest BCUT2D eigenvalue weighted by molar-refractivity contribution is -0.385. The highest BCUT2D eigenvalue weighted by Gasteiger charge is 2.15. The van der Waals surface area contributed by atoms with E-state index in [-0.39, 0.29) is 12.3 Å². The van der Waals surface area contributed by atoms with Crippen LogP contribution in [0.25, 0.3) is 0 Å². The van der Waals surface area contributed by atoms with E-state index in [1.165, 1.54) is 25.5 Å². The first-order valence-corrected chi connectivity index (χ1v) is 11.0. The minimum absolute atomic E-state index is 0.0107. The summed E-state index contributed by atoms with van der Waals surface area (Å²) in [4.78, 5) is 34.8. The molecule has 0 aromatic heterocycles. The summed E-state index contributed by atoms with van der Waals surface area (Å²) in [6.07, 6.45) is 1.37. The first kappa shape index (κ1) is 26.2. The summed E-state index contributed by atoms with van der Waals surface area (Å²) in [5, 5.41) is 17.8. The third-order valence-corrected chi connectivity index (χ3v) is 5.58. The Labute approximate surface area is 212 Å². The molecule has 3 aromatic rings. The van der Waals surface area contributed by atoms with E-state index in [0.29, 0.717) is 44.5 Å². The summed E-state index contributed by atoms with van der Waals surface area (Å²) in [5.41, 5.74) is 5.03. The molecule has 36 heavy (non-hydrogen) atoms. The van der Waals surface area contributed by atoms with Crippen LogP contribution in [-0.4, -0.2) is 30.1 Å². The van der Waals surface area contributed by atoms with E-state index in [4.69, 9.17) is 21.1 Å². The molecule has 0 fully saturated rings. The Bertz CT molecular complexity index is 1340. The molecule has 0 aliphatic heterocycles. The second-order valence-corrected chi connectivity index (χ2v) is 8.04. The molecule has 0 spiro atoms. The summed E-state index contributed by atoms with van der Waals surface area (Å²) in [6.45, 7) is 3.48. The number of aryl methyl sites for hydroxylation is 1. The van der Waals surface area contributed by atoms with E-state index in [0.717, 1.165) is 0 Å². The van der Waals surface area contributed by atoms with Crippen LogP contribution in [0.3, 0.4) is 0 Å². The normalized spacial score (nSPS) is 10.7. The predicted octanol–water partition coefficient (Wildman–Crippen LogP) is 4.54. The molecular formula is C25H23ClN4O6. The van der Waals surface area contributed by atoms with Crippen molar-refractivity contribution in [3.8, 4) is 11.5 Å². The van der Waals surface area contributed by atoms with E-state index in [1.54, 1.807) is 56.3 Å². The van der Waals surface area contributed by atoms with E-state index < -0.39 is 16.7 Å². The molecule has 186 valence electrons. The quantitative estimate of drug-likeness (QED) is 0.198. The van der Waals surface area contributed by atoms with Gasteiger partial charge in [-0.05, 0) is 67.4 Å². The molecule has 2 N–H and O–H groups in total. The molecular weight excluding hydrogens is 488 g/mol. The molecule has 0 aliphatic carbocycles. The fraction of sp³-hybridized carbons (Fsp3) is 0.160. The van der Waals surface area contributed by atoms with Crippen molar-refractivity contribution >= 4 is 41.0 Å². The molecule has 0 aliphatic rings. The lowest BCUT2D eigenvalue weighted by Crippen LogP contribution is -2.32. The van der Waals surface area contributed by atoms with Crippen molar-refractivity contribution in [2.24, 2.45) is 5.10 Å². The summed E-state index contributed by atoms with van der Waals surface area (Å²) >= 11 is 6.03. The third-order valence-electron chi connectivity index (χ3n) is 5.17. The molecule has 0 unspecified atom stereocenters. The van der Waals surface area contributed by atoms with Crippen molar-refractivity contribution in [1.29, 1.82) is 0 Å². The number of carbonyl (C=O) groups is 2. The number of benzene rings is 3. The van der Waals surface area contributed by atoms with Gasteiger partial charge in [0.25, 0.3) is 5.69 Å². The minimum atomic E-state index is -0.948. The average molecular weight is 511 g/mol. The molecule has 0 bridgehead atoms. The maximum Gasteiger partial charge on any atom is 0.329 e. The topological polar surface area (TPSA) is 132 Å². The van der Waals surface area contributed by atoms with Crippen LogP contribution >= 0.6 is 11.6 Å². The molecule has 0 atom stereocenters. The zero-order chi connectivity index (χ0) is 26.2. The van der Waals surface area contributed by atoms with Gasteiger partial charge < -0.3 is 14.8 Å². The average Bonchev–Trinajstić information content (AvgIpc) is 2.85. The minimum Gasteiger partial charge on any atom is -0.496 e. The van der Waals surface area contributed by atoms with Crippen molar-refractivity contribution in [3.63, 3.8) is 0 Å². The van der Waals surface area contributed by atoms with Gasteiger partial charge in [-0.25, -0.2) is 5.43 Å². The van der Waals surface area contributed by atoms with Crippen molar-refractivity contribution in [3.05, 3.63) is 92.0 Å². The molecule has 0 heterocycles. The number of nitro groups is 1. The SMILES string of the molecule is COc1ccc(C=NNC(=O)C(=O)Nc2cccc(Cl)c2C)cc1COc1ccc([N+](=O)[O-])c(C)c1. The first-order valence-electron chi connectivity index (χ1n) is 10.6. The highest BCUT2D eigenvalue weighted by molar-refractivity contribution is 6.40. The number of nitrogens with one attached hydrogen (secondary N) is 2. The summed E-state index contributed by atoms with van der Waals surface area (Å²) in [7, 11) is 1.52. The molecule has 10 nitrogen and oxygen atoms in total. The van der Waals surface area contributed by atoms with Crippen molar-refractivity contribution < 1.29 is 24.0 Å². The highest BCUT2D eigenvalue weighted by atomic mass is 35.5. The van der Waals surface area contributed by atoms with Crippen molar-refractivity contribution in [1.82, 2.24) is 5.43 Å². The van der Waals surface area contributed by atoms with Crippen molar-refractivity contribution in [2.75, 3.05) is 12.4 Å². The van der Waals surface area contributed by atoms with Crippen LogP contribution in [0.4, 0.5) is 11.4 Å². The van der Waals surface area contributed by atoms with Gasteiger partial charge in [-0.2, -0.15) is 5.10 Å². The van der Waals surface area contributed by atoms with E-state index in [9.17, 15) is 19.7 Å². The number of hydrogen-bond acceptors (Lipinski definition) is 7. The summed E-state index contributed by atoms with van der Waals surface area (Å²) < 4.78 is 11.1. The number of ether oxygens (including phenoxy) is 2. The second-order valence-electron chi connectivity index (χ2n) is 7.63. The second kappa shape index (κ2) is 11.8. The fourth-order valence-corrected chi connectivity index (χ4v) is 3.39. The fourth-order valence-electron chi connectivity index (χ4n) is 3.21. The zero-order valence-corrected chi connectivity index (χ0v) is 20.5.